The summed E-state index contributed by atoms with van der Waals surface area (Å²) in [5, 5.41) is 5.49. The summed E-state index contributed by atoms with van der Waals surface area (Å²) in [6.07, 6.45) is 0. The number of hydrogen-bond donors (Lipinski definition) is 1. The number of halogens is 2. The van der Waals surface area contributed by atoms with Gasteiger partial charge in [-0.3, -0.25) is 0 Å². The second-order valence-corrected chi connectivity index (χ2v) is 5.41. The zero-order valence-electron chi connectivity index (χ0n) is 9.63. The molecule has 2 rings (SSSR count). The van der Waals surface area contributed by atoms with Gasteiger partial charge in [0.2, 0.25) is 0 Å². The Hall–Kier alpha value is -0.900. The molecule has 1 nitrogen and oxygen atoms in total. The zero-order chi connectivity index (χ0) is 12.4. The zero-order valence-corrected chi connectivity index (χ0v) is 11.2. The normalized spacial score (nSPS) is 12.7. The van der Waals surface area contributed by atoms with Crippen molar-refractivity contribution >= 4 is 22.9 Å². The van der Waals surface area contributed by atoms with Crippen LogP contribution in [0.1, 0.15) is 22.0 Å². The van der Waals surface area contributed by atoms with E-state index in [1.54, 1.807) is 23.5 Å². The molecule has 0 aliphatic rings. The summed E-state index contributed by atoms with van der Waals surface area (Å²) in [7, 11) is 1.88. The summed E-state index contributed by atoms with van der Waals surface area (Å²) in [6.45, 7) is 2.07. The molecule has 90 valence electrons. The summed E-state index contributed by atoms with van der Waals surface area (Å²) in [5.74, 6) is -0.383. The molecule has 4 heteroatoms. The number of aryl methyl sites for hydroxylation is 1. The predicted molar refractivity (Wildman–Crippen MR) is 71.4 cm³/mol. The van der Waals surface area contributed by atoms with E-state index in [4.69, 9.17) is 11.6 Å². The minimum atomic E-state index is -0.383. The molecule has 0 radical (unpaired) electrons. The fourth-order valence-electron chi connectivity index (χ4n) is 1.83. The van der Waals surface area contributed by atoms with Gasteiger partial charge in [-0.15, -0.1) is 11.3 Å². The van der Waals surface area contributed by atoms with Gasteiger partial charge in [0.15, 0.2) is 0 Å². The number of nitrogens with one attached hydrogen (secondary N) is 1. The Morgan fingerprint density at radius 2 is 2.06 bits per heavy atom. The maximum Gasteiger partial charge on any atom is 0.141 e. The standard InChI is InChI=1S/C13H13ClFNS/c1-8-5-10(7-17-8)13(16-2)9-3-4-12(15)11(14)6-9/h3-7,13,16H,1-2H3. The van der Waals surface area contributed by atoms with E-state index in [2.05, 4.69) is 23.7 Å². The van der Waals surface area contributed by atoms with Crippen LogP contribution in [0.5, 0.6) is 0 Å². The molecule has 0 aliphatic carbocycles. The molecule has 0 fully saturated rings. The van der Waals surface area contributed by atoms with Crippen molar-refractivity contribution in [3.63, 3.8) is 0 Å². The van der Waals surface area contributed by atoms with Gasteiger partial charge in [-0.25, -0.2) is 4.39 Å². The molecule has 0 spiro atoms. The summed E-state index contributed by atoms with van der Waals surface area (Å²) >= 11 is 7.51. The van der Waals surface area contributed by atoms with E-state index in [-0.39, 0.29) is 16.9 Å². The van der Waals surface area contributed by atoms with Crippen molar-refractivity contribution in [2.24, 2.45) is 0 Å². The Morgan fingerprint density at radius 3 is 2.59 bits per heavy atom. The highest BCUT2D eigenvalue weighted by atomic mass is 35.5. The van der Waals surface area contributed by atoms with Crippen LogP contribution in [-0.2, 0) is 0 Å². The van der Waals surface area contributed by atoms with Gasteiger partial charge in [0.25, 0.3) is 0 Å². The number of thiophene rings is 1. The highest BCUT2D eigenvalue weighted by Crippen LogP contribution is 2.28. The molecule has 0 bridgehead atoms. The molecule has 1 N–H and O–H groups in total. The van der Waals surface area contributed by atoms with Gasteiger partial charge in [-0.2, -0.15) is 0 Å². The van der Waals surface area contributed by atoms with Crippen molar-refractivity contribution < 1.29 is 4.39 Å². The summed E-state index contributed by atoms with van der Waals surface area (Å²) in [4.78, 5) is 1.26. The molecule has 0 aliphatic heterocycles. The van der Waals surface area contributed by atoms with Gasteiger partial charge in [0, 0.05) is 4.88 Å². The van der Waals surface area contributed by atoms with Crippen LogP contribution in [0.25, 0.3) is 0 Å². The molecular formula is C13H13ClFNS. The molecule has 0 amide bonds. The third-order valence-corrected chi connectivity index (χ3v) is 3.82. The van der Waals surface area contributed by atoms with E-state index in [0.29, 0.717) is 0 Å². The molecule has 0 saturated carbocycles. The highest BCUT2D eigenvalue weighted by Gasteiger charge is 2.14. The van der Waals surface area contributed by atoms with Crippen LogP contribution in [0.3, 0.4) is 0 Å². The van der Waals surface area contributed by atoms with Crippen LogP contribution in [-0.4, -0.2) is 7.05 Å². The smallest absolute Gasteiger partial charge is 0.141 e. The monoisotopic (exact) mass is 269 g/mol. The van der Waals surface area contributed by atoms with Crippen molar-refractivity contribution in [1.29, 1.82) is 0 Å². The van der Waals surface area contributed by atoms with Gasteiger partial charge >= 0.3 is 0 Å². The maximum atomic E-state index is 13.1. The fraction of sp³-hybridized carbons (Fsp3) is 0.231. The van der Waals surface area contributed by atoms with Crippen LogP contribution in [0, 0.1) is 12.7 Å². The Kier molecular flexibility index (Phi) is 3.82. The lowest BCUT2D eigenvalue weighted by Crippen LogP contribution is -2.17. The Bertz CT molecular complexity index is 524. The molecule has 1 heterocycles. The summed E-state index contributed by atoms with van der Waals surface area (Å²) in [5.41, 5.74) is 2.15. The van der Waals surface area contributed by atoms with E-state index >= 15 is 0 Å². The van der Waals surface area contributed by atoms with Crippen LogP contribution in [0.2, 0.25) is 5.02 Å². The van der Waals surface area contributed by atoms with Gasteiger partial charge in [0.1, 0.15) is 5.82 Å². The van der Waals surface area contributed by atoms with Crippen molar-refractivity contribution in [3.8, 4) is 0 Å². The van der Waals surface area contributed by atoms with Crippen molar-refractivity contribution in [2.75, 3.05) is 7.05 Å². The lowest BCUT2D eigenvalue weighted by Gasteiger charge is -2.15. The van der Waals surface area contributed by atoms with Gasteiger partial charge < -0.3 is 5.32 Å². The summed E-state index contributed by atoms with van der Waals surface area (Å²) < 4.78 is 13.1. The number of rotatable bonds is 3. The second kappa shape index (κ2) is 5.17. The Balaban J connectivity index is 2.38. The topological polar surface area (TPSA) is 12.0 Å². The Labute approximate surface area is 109 Å². The quantitative estimate of drug-likeness (QED) is 0.882. The third-order valence-electron chi connectivity index (χ3n) is 2.65. The van der Waals surface area contributed by atoms with Gasteiger partial charge in [-0.1, -0.05) is 17.7 Å². The van der Waals surface area contributed by atoms with E-state index in [0.717, 1.165) is 5.56 Å². The molecular weight excluding hydrogens is 257 g/mol. The van der Waals surface area contributed by atoms with Crippen molar-refractivity contribution in [1.82, 2.24) is 5.32 Å². The lowest BCUT2D eigenvalue weighted by molar-refractivity contribution is 0.624. The lowest BCUT2D eigenvalue weighted by atomic mass is 10.0. The molecule has 1 atom stereocenters. The first-order valence-corrected chi connectivity index (χ1v) is 6.55. The van der Waals surface area contributed by atoms with Crippen LogP contribution in [0.4, 0.5) is 4.39 Å². The first-order chi connectivity index (χ1) is 8.11. The molecule has 1 aromatic heterocycles. The predicted octanol–water partition coefficient (Wildman–Crippen LogP) is 4.16. The average molecular weight is 270 g/mol. The molecule has 0 saturated heterocycles. The van der Waals surface area contributed by atoms with E-state index in [9.17, 15) is 4.39 Å². The van der Waals surface area contributed by atoms with Gasteiger partial charge in [0.05, 0.1) is 11.1 Å². The number of benzene rings is 1. The second-order valence-electron chi connectivity index (χ2n) is 3.89. The molecule has 17 heavy (non-hydrogen) atoms. The highest BCUT2D eigenvalue weighted by molar-refractivity contribution is 7.10. The van der Waals surface area contributed by atoms with Crippen molar-refractivity contribution in [3.05, 3.63) is 56.5 Å². The minimum absolute atomic E-state index is 0.0537. The molecule has 1 unspecified atom stereocenters. The van der Waals surface area contributed by atoms with E-state index < -0.39 is 0 Å². The van der Waals surface area contributed by atoms with Crippen LogP contribution < -0.4 is 5.32 Å². The van der Waals surface area contributed by atoms with Crippen LogP contribution >= 0.6 is 22.9 Å². The number of hydrogen-bond acceptors (Lipinski definition) is 2. The van der Waals surface area contributed by atoms with Crippen molar-refractivity contribution in [2.45, 2.75) is 13.0 Å². The SMILES string of the molecule is CNC(c1csc(C)c1)c1ccc(F)c(Cl)c1. The van der Waals surface area contributed by atoms with Crippen LogP contribution in [0.15, 0.2) is 29.6 Å². The average Bonchev–Trinajstić information content (AvgIpc) is 2.71. The fourth-order valence-corrected chi connectivity index (χ4v) is 2.75. The maximum absolute atomic E-state index is 13.1. The van der Waals surface area contributed by atoms with E-state index in [1.807, 2.05) is 7.05 Å². The largest absolute Gasteiger partial charge is 0.309 e. The molecule has 2 aromatic rings. The molecule has 1 aromatic carbocycles. The third kappa shape index (κ3) is 2.68. The summed E-state index contributed by atoms with van der Waals surface area (Å²) in [6, 6.07) is 7.02. The first-order valence-electron chi connectivity index (χ1n) is 5.29. The first kappa shape index (κ1) is 12.6. The van der Waals surface area contributed by atoms with Gasteiger partial charge in [-0.05, 0) is 48.7 Å². The Morgan fingerprint density at radius 1 is 1.29 bits per heavy atom. The van der Waals surface area contributed by atoms with E-state index in [1.165, 1.54) is 16.5 Å². The minimum Gasteiger partial charge on any atom is -0.309 e.